The second kappa shape index (κ2) is 7.77. The Labute approximate surface area is 134 Å². The van der Waals surface area contributed by atoms with Gasteiger partial charge in [-0.2, -0.15) is 0 Å². The third kappa shape index (κ3) is 4.44. The number of sulfonamides is 1. The summed E-state index contributed by atoms with van der Waals surface area (Å²) >= 11 is 0. The van der Waals surface area contributed by atoms with E-state index >= 15 is 0 Å². The molecule has 1 heterocycles. The molecule has 5 nitrogen and oxygen atoms in total. The number of rotatable bonds is 5. The van der Waals surface area contributed by atoms with Crippen LogP contribution in [0.1, 0.15) is 58.8 Å². The molecule has 0 bridgehead atoms. The Hall–Kier alpha value is -0.620. The standard InChI is InChI=1S/C16H30N2O3S/c1-3-12-22(20,21)18-10-8-14(9-11-18)16(19)17-15-7-5-4-6-13(15)2/h13-15H,3-12H2,1-2H3,(H,17,19)/t13-,15+/m0/s1. The van der Waals surface area contributed by atoms with Crippen molar-refractivity contribution in [2.24, 2.45) is 11.8 Å². The lowest BCUT2D eigenvalue weighted by atomic mass is 9.85. The third-order valence-corrected chi connectivity index (χ3v) is 7.20. The number of carbonyl (C=O) groups excluding carboxylic acids is 1. The van der Waals surface area contributed by atoms with Crippen molar-refractivity contribution in [1.82, 2.24) is 9.62 Å². The van der Waals surface area contributed by atoms with E-state index in [0.717, 1.165) is 6.42 Å². The molecule has 128 valence electrons. The van der Waals surface area contributed by atoms with E-state index in [2.05, 4.69) is 12.2 Å². The molecule has 22 heavy (non-hydrogen) atoms. The summed E-state index contributed by atoms with van der Waals surface area (Å²) in [6, 6.07) is 0.308. The van der Waals surface area contributed by atoms with Gasteiger partial charge >= 0.3 is 0 Å². The van der Waals surface area contributed by atoms with Gasteiger partial charge in [0.15, 0.2) is 0 Å². The molecule has 0 aromatic heterocycles. The molecular formula is C16H30N2O3S. The summed E-state index contributed by atoms with van der Waals surface area (Å²) in [4.78, 5) is 12.4. The first-order chi connectivity index (χ1) is 10.4. The second-order valence-electron chi connectivity index (χ2n) is 6.87. The lowest BCUT2D eigenvalue weighted by Crippen LogP contribution is -2.47. The number of amides is 1. The van der Waals surface area contributed by atoms with Crippen molar-refractivity contribution in [3.8, 4) is 0 Å². The van der Waals surface area contributed by atoms with E-state index in [9.17, 15) is 13.2 Å². The van der Waals surface area contributed by atoms with Crippen LogP contribution in [0.15, 0.2) is 0 Å². The Morgan fingerprint density at radius 3 is 2.36 bits per heavy atom. The summed E-state index contributed by atoms with van der Waals surface area (Å²) < 4.78 is 25.7. The maximum Gasteiger partial charge on any atom is 0.223 e. The highest BCUT2D eigenvalue weighted by Gasteiger charge is 2.32. The molecule has 1 saturated carbocycles. The Kier molecular flexibility index (Phi) is 6.26. The SMILES string of the molecule is CCCS(=O)(=O)N1CCC(C(=O)N[C@@H]2CCCC[C@@H]2C)CC1. The van der Waals surface area contributed by atoms with Gasteiger partial charge in [-0.15, -0.1) is 0 Å². The molecule has 1 aliphatic carbocycles. The fourth-order valence-corrected chi connectivity index (χ4v) is 5.16. The second-order valence-corrected chi connectivity index (χ2v) is 8.95. The zero-order valence-corrected chi connectivity index (χ0v) is 14.7. The Balaban J connectivity index is 1.82. The first-order valence-electron chi connectivity index (χ1n) is 8.72. The lowest BCUT2D eigenvalue weighted by molar-refractivity contribution is -0.127. The van der Waals surface area contributed by atoms with Gasteiger partial charge in [-0.25, -0.2) is 12.7 Å². The molecule has 0 spiro atoms. The summed E-state index contributed by atoms with van der Waals surface area (Å²) in [6.07, 6.45) is 6.67. The highest BCUT2D eigenvalue weighted by Crippen LogP contribution is 2.25. The number of carbonyl (C=O) groups is 1. The lowest BCUT2D eigenvalue weighted by Gasteiger charge is -2.34. The predicted octanol–water partition coefficient (Wildman–Crippen LogP) is 2.13. The van der Waals surface area contributed by atoms with Crippen LogP contribution in [0, 0.1) is 11.8 Å². The van der Waals surface area contributed by atoms with Gasteiger partial charge in [0, 0.05) is 25.0 Å². The van der Waals surface area contributed by atoms with Gasteiger partial charge in [-0.3, -0.25) is 4.79 Å². The molecule has 0 aromatic rings. The van der Waals surface area contributed by atoms with Crippen LogP contribution in [0.4, 0.5) is 0 Å². The smallest absolute Gasteiger partial charge is 0.223 e. The van der Waals surface area contributed by atoms with Gasteiger partial charge in [-0.05, 0) is 38.0 Å². The number of piperidine rings is 1. The average Bonchev–Trinajstić information content (AvgIpc) is 2.49. The largest absolute Gasteiger partial charge is 0.353 e. The van der Waals surface area contributed by atoms with Gasteiger partial charge in [-0.1, -0.05) is 26.7 Å². The molecule has 1 N–H and O–H groups in total. The molecule has 1 aliphatic heterocycles. The normalized spacial score (nSPS) is 28.5. The van der Waals surface area contributed by atoms with Crippen LogP contribution >= 0.6 is 0 Å². The van der Waals surface area contributed by atoms with Crippen LogP contribution in [-0.2, 0) is 14.8 Å². The van der Waals surface area contributed by atoms with Crippen molar-refractivity contribution in [2.45, 2.75) is 64.8 Å². The molecule has 0 aromatic carbocycles. The van der Waals surface area contributed by atoms with Crippen LogP contribution in [0.25, 0.3) is 0 Å². The van der Waals surface area contributed by atoms with Crippen LogP contribution in [-0.4, -0.2) is 43.5 Å². The monoisotopic (exact) mass is 330 g/mol. The molecular weight excluding hydrogens is 300 g/mol. The fraction of sp³-hybridized carbons (Fsp3) is 0.938. The Morgan fingerprint density at radius 1 is 1.14 bits per heavy atom. The van der Waals surface area contributed by atoms with Crippen LogP contribution in [0.5, 0.6) is 0 Å². The van der Waals surface area contributed by atoms with E-state index in [4.69, 9.17) is 0 Å². The summed E-state index contributed by atoms with van der Waals surface area (Å²) in [5.74, 6) is 0.875. The first-order valence-corrected chi connectivity index (χ1v) is 10.3. The molecule has 2 rings (SSSR count). The maximum absolute atomic E-state index is 12.4. The first kappa shape index (κ1) is 17.7. The molecule has 1 saturated heterocycles. The zero-order chi connectivity index (χ0) is 16.2. The minimum Gasteiger partial charge on any atom is -0.353 e. The van der Waals surface area contributed by atoms with Crippen molar-refractivity contribution in [3.63, 3.8) is 0 Å². The number of nitrogens with zero attached hydrogens (tertiary/aromatic N) is 1. The summed E-state index contributed by atoms with van der Waals surface area (Å²) in [6.45, 7) is 5.06. The summed E-state index contributed by atoms with van der Waals surface area (Å²) in [5, 5.41) is 3.21. The third-order valence-electron chi connectivity index (χ3n) is 5.12. The fourth-order valence-electron chi connectivity index (χ4n) is 3.61. The summed E-state index contributed by atoms with van der Waals surface area (Å²) in [5.41, 5.74) is 0. The molecule has 2 atom stereocenters. The van der Waals surface area contributed by atoms with E-state index in [0.29, 0.717) is 44.3 Å². The van der Waals surface area contributed by atoms with E-state index in [-0.39, 0.29) is 17.6 Å². The predicted molar refractivity (Wildman–Crippen MR) is 87.9 cm³/mol. The van der Waals surface area contributed by atoms with Crippen molar-refractivity contribution in [2.75, 3.05) is 18.8 Å². The molecule has 2 aliphatic rings. The highest BCUT2D eigenvalue weighted by molar-refractivity contribution is 7.89. The molecule has 2 fully saturated rings. The van der Waals surface area contributed by atoms with E-state index < -0.39 is 10.0 Å². The van der Waals surface area contributed by atoms with Crippen molar-refractivity contribution >= 4 is 15.9 Å². The van der Waals surface area contributed by atoms with Gasteiger partial charge in [0.25, 0.3) is 0 Å². The number of hydrogen-bond acceptors (Lipinski definition) is 3. The number of hydrogen-bond donors (Lipinski definition) is 1. The van der Waals surface area contributed by atoms with Gasteiger partial charge in [0.1, 0.15) is 0 Å². The Bertz CT molecular complexity index is 470. The minimum atomic E-state index is -3.12. The highest BCUT2D eigenvalue weighted by atomic mass is 32.2. The van der Waals surface area contributed by atoms with E-state index in [1.165, 1.54) is 19.3 Å². The van der Waals surface area contributed by atoms with Crippen LogP contribution in [0.2, 0.25) is 0 Å². The Morgan fingerprint density at radius 2 is 1.77 bits per heavy atom. The van der Waals surface area contributed by atoms with Crippen molar-refractivity contribution in [3.05, 3.63) is 0 Å². The number of nitrogens with one attached hydrogen (secondary N) is 1. The van der Waals surface area contributed by atoms with Crippen molar-refractivity contribution < 1.29 is 13.2 Å². The zero-order valence-electron chi connectivity index (χ0n) is 13.9. The van der Waals surface area contributed by atoms with E-state index in [1.54, 1.807) is 4.31 Å². The molecule has 0 unspecified atom stereocenters. The molecule has 0 radical (unpaired) electrons. The van der Waals surface area contributed by atoms with Crippen LogP contribution in [0.3, 0.4) is 0 Å². The minimum absolute atomic E-state index is 0.0257. The molecule has 6 heteroatoms. The quantitative estimate of drug-likeness (QED) is 0.840. The molecule has 1 amide bonds. The van der Waals surface area contributed by atoms with Crippen molar-refractivity contribution in [1.29, 1.82) is 0 Å². The van der Waals surface area contributed by atoms with Gasteiger partial charge in [0.05, 0.1) is 5.75 Å². The average molecular weight is 330 g/mol. The van der Waals surface area contributed by atoms with Crippen LogP contribution < -0.4 is 5.32 Å². The summed E-state index contributed by atoms with van der Waals surface area (Å²) in [7, 11) is -3.12. The van der Waals surface area contributed by atoms with E-state index in [1.807, 2.05) is 6.92 Å². The van der Waals surface area contributed by atoms with Gasteiger partial charge in [0.2, 0.25) is 15.9 Å². The topological polar surface area (TPSA) is 66.5 Å². The van der Waals surface area contributed by atoms with Gasteiger partial charge < -0.3 is 5.32 Å². The maximum atomic E-state index is 12.4.